The van der Waals surface area contributed by atoms with Crippen LogP contribution in [-0.2, 0) is 6.54 Å². The third-order valence-corrected chi connectivity index (χ3v) is 5.32. The Morgan fingerprint density at radius 2 is 2.25 bits per heavy atom. The lowest BCUT2D eigenvalue weighted by atomic mass is 10.00. The minimum Gasteiger partial charge on any atom is -0.395 e. The summed E-state index contributed by atoms with van der Waals surface area (Å²) in [5.41, 5.74) is 1.05. The number of hydrogen-bond acceptors (Lipinski definition) is 4. The maximum atomic E-state index is 9.95. The van der Waals surface area contributed by atoms with E-state index in [0.717, 1.165) is 31.6 Å². The number of likely N-dealkylation sites (tertiary alicyclic amines) is 1. The zero-order valence-electron chi connectivity index (χ0n) is 11.6. The van der Waals surface area contributed by atoms with Gasteiger partial charge in [0.1, 0.15) is 0 Å². The highest BCUT2D eigenvalue weighted by Gasteiger charge is 2.41. The molecule has 2 N–H and O–H groups in total. The summed E-state index contributed by atoms with van der Waals surface area (Å²) in [5, 5.41) is 20.7. The molecule has 108 valence electrons. The van der Waals surface area contributed by atoms with Gasteiger partial charge < -0.3 is 10.2 Å². The van der Waals surface area contributed by atoms with E-state index in [4.69, 9.17) is 5.11 Å². The van der Waals surface area contributed by atoms with Crippen LogP contribution in [0.25, 0.3) is 0 Å². The molecule has 1 aliphatic heterocycles. The summed E-state index contributed by atoms with van der Waals surface area (Å²) in [7, 11) is 0. The van der Waals surface area contributed by atoms with Crippen LogP contribution in [0.1, 0.15) is 29.7 Å². The molecular weight excluding hydrogens is 270 g/mol. The zero-order chi connectivity index (χ0) is 13.9. The maximum Gasteiger partial charge on any atom is 0.0583 e. The third-order valence-electron chi connectivity index (χ3n) is 4.40. The summed E-state index contributed by atoms with van der Waals surface area (Å²) in [6.45, 7) is 3.27. The fourth-order valence-electron chi connectivity index (χ4n) is 3.43. The number of rotatable bonds is 3. The van der Waals surface area contributed by atoms with E-state index in [9.17, 15) is 5.11 Å². The molecule has 1 saturated heterocycles. The molecule has 4 heteroatoms. The summed E-state index contributed by atoms with van der Waals surface area (Å²) in [4.78, 5) is 3.81. The van der Waals surface area contributed by atoms with Crippen LogP contribution in [0, 0.1) is 23.7 Å². The van der Waals surface area contributed by atoms with Crippen LogP contribution >= 0.6 is 11.3 Å². The normalized spacial score (nSPS) is 29.2. The molecule has 1 aromatic rings. The molecule has 3 unspecified atom stereocenters. The van der Waals surface area contributed by atoms with Crippen molar-refractivity contribution >= 4 is 11.3 Å². The van der Waals surface area contributed by atoms with E-state index in [0.29, 0.717) is 18.3 Å². The van der Waals surface area contributed by atoms with E-state index in [1.165, 1.54) is 11.3 Å². The molecule has 0 aromatic carbocycles. The summed E-state index contributed by atoms with van der Waals surface area (Å²) in [6, 6.07) is 2.15. The summed E-state index contributed by atoms with van der Waals surface area (Å²) in [6.07, 6.45) is 2.64. The topological polar surface area (TPSA) is 43.7 Å². The Morgan fingerprint density at radius 1 is 1.35 bits per heavy atom. The van der Waals surface area contributed by atoms with Gasteiger partial charge in [-0.3, -0.25) is 4.90 Å². The van der Waals surface area contributed by atoms with Gasteiger partial charge in [0.15, 0.2) is 0 Å². The van der Waals surface area contributed by atoms with Gasteiger partial charge in [0.2, 0.25) is 0 Å². The van der Waals surface area contributed by atoms with Crippen molar-refractivity contribution in [1.82, 2.24) is 4.90 Å². The Bertz CT molecular complexity index is 516. The lowest BCUT2D eigenvalue weighted by Gasteiger charge is -2.16. The monoisotopic (exact) mass is 291 g/mol. The molecule has 0 radical (unpaired) electrons. The minimum absolute atomic E-state index is 0.0757. The largest absolute Gasteiger partial charge is 0.395 e. The first-order valence-corrected chi connectivity index (χ1v) is 8.22. The average Bonchev–Trinajstić information content (AvgIpc) is 3.10. The van der Waals surface area contributed by atoms with Crippen LogP contribution in [0.5, 0.6) is 0 Å². The number of nitrogens with zero attached hydrogens (tertiary/aromatic N) is 1. The maximum absolute atomic E-state index is 9.95. The van der Waals surface area contributed by atoms with Gasteiger partial charge in [-0.25, -0.2) is 0 Å². The van der Waals surface area contributed by atoms with Gasteiger partial charge in [-0.2, -0.15) is 0 Å². The number of thiophene rings is 1. The molecule has 2 aliphatic rings. The Kier molecular flexibility index (Phi) is 4.42. The van der Waals surface area contributed by atoms with Crippen LogP contribution in [0.2, 0.25) is 0 Å². The highest BCUT2D eigenvalue weighted by Crippen LogP contribution is 2.38. The van der Waals surface area contributed by atoms with Crippen LogP contribution in [-0.4, -0.2) is 40.9 Å². The Balaban J connectivity index is 1.56. The van der Waals surface area contributed by atoms with Crippen molar-refractivity contribution < 1.29 is 10.2 Å². The third kappa shape index (κ3) is 3.07. The number of hydrogen-bond donors (Lipinski definition) is 2. The highest BCUT2D eigenvalue weighted by molar-refractivity contribution is 7.10. The molecular formula is C16H21NO2S. The second kappa shape index (κ2) is 6.28. The predicted molar refractivity (Wildman–Crippen MR) is 80.4 cm³/mol. The molecule has 0 bridgehead atoms. The van der Waals surface area contributed by atoms with Crippen molar-refractivity contribution in [3.05, 3.63) is 21.9 Å². The molecule has 1 aromatic heterocycles. The summed E-state index contributed by atoms with van der Waals surface area (Å²) in [5.74, 6) is 7.24. The first-order chi connectivity index (χ1) is 9.76. The molecule has 1 aliphatic carbocycles. The second-order valence-electron chi connectivity index (χ2n) is 5.84. The van der Waals surface area contributed by atoms with Gasteiger partial charge in [0, 0.05) is 47.8 Å². The van der Waals surface area contributed by atoms with Crippen molar-refractivity contribution in [3.63, 3.8) is 0 Å². The first-order valence-electron chi connectivity index (χ1n) is 7.34. The second-order valence-corrected chi connectivity index (χ2v) is 6.84. The number of aliphatic hydroxyl groups excluding tert-OH is 2. The van der Waals surface area contributed by atoms with Crippen LogP contribution in [0.15, 0.2) is 11.4 Å². The van der Waals surface area contributed by atoms with E-state index < -0.39 is 0 Å². The quantitative estimate of drug-likeness (QED) is 0.833. The van der Waals surface area contributed by atoms with Crippen molar-refractivity contribution in [3.8, 4) is 11.8 Å². The summed E-state index contributed by atoms with van der Waals surface area (Å²) < 4.78 is 0. The Hall–Kier alpha value is -0.860. The Morgan fingerprint density at radius 3 is 3.05 bits per heavy atom. The van der Waals surface area contributed by atoms with Crippen molar-refractivity contribution in [1.29, 1.82) is 0 Å². The smallest absolute Gasteiger partial charge is 0.0583 e. The van der Waals surface area contributed by atoms with Crippen LogP contribution < -0.4 is 0 Å². The van der Waals surface area contributed by atoms with Gasteiger partial charge in [-0.1, -0.05) is 11.8 Å². The molecule has 1 saturated carbocycles. The van der Waals surface area contributed by atoms with Gasteiger partial charge in [-0.05, 0) is 24.8 Å². The first kappa shape index (κ1) is 14.1. The zero-order valence-corrected chi connectivity index (χ0v) is 12.4. The standard InChI is InChI=1S/C16H21NO2S/c18-6-2-1-3-12-7-14(20-11-12)9-17-8-13-4-5-16(19)15(13)10-17/h7,11,13,15-16,18-19H,2,4-6,8-10H2. The highest BCUT2D eigenvalue weighted by atomic mass is 32.1. The molecule has 2 heterocycles. The van der Waals surface area contributed by atoms with Crippen molar-refractivity contribution in [2.24, 2.45) is 11.8 Å². The molecule has 2 fully saturated rings. The lowest BCUT2D eigenvalue weighted by molar-refractivity contribution is 0.123. The van der Waals surface area contributed by atoms with E-state index >= 15 is 0 Å². The molecule has 3 rings (SSSR count). The average molecular weight is 291 g/mol. The fourth-order valence-corrected chi connectivity index (χ4v) is 4.29. The number of aliphatic hydroxyl groups is 2. The Labute approximate surface area is 124 Å². The van der Waals surface area contributed by atoms with Crippen LogP contribution in [0.4, 0.5) is 0 Å². The minimum atomic E-state index is -0.0757. The molecule has 0 amide bonds. The van der Waals surface area contributed by atoms with E-state index in [-0.39, 0.29) is 12.7 Å². The SMILES string of the molecule is OCCC#Cc1csc(CN2CC3CCC(O)C3C2)c1. The molecule has 3 atom stereocenters. The number of fused-ring (bicyclic) bond motifs is 1. The van der Waals surface area contributed by atoms with E-state index in [1.54, 1.807) is 11.3 Å². The van der Waals surface area contributed by atoms with E-state index in [2.05, 4.69) is 28.2 Å². The van der Waals surface area contributed by atoms with Crippen LogP contribution in [0.3, 0.4) is 0 Å². The van der Waals surface area contributed by atoms with Gasteiger partial charge in [0.05, 0.1) is 12.7 Å². The van der Waals surface area contributed by atoms with Gasteiger partial charge in [-0.15, -0.1) is 11.3 Å². The molecule has 3 nitrogen and oxygen atoms in total. The van der Waals surface area contributed by atoms with Gasteiger partial charge in [0.25, 0.3) is 0 Å². The molecule has 0 spiro atoms. The van der Waals surface area contributed by atoms with Crippen molar-refractivity contribution in [2.45, 2.75) is 31.9 Å². The van der Waals surface area contributed by atoms with E-state index in [1.807, 2.05) is 0 Å². The van der Waals surface area contributed by atoms with Crippen molar-refractivity contribution in [2.75, 3.05) is 19.7 Å². The molecule has 20 heavy (non-hydrogen) atoms. The summed E-state index contributed by atoms with van der Waals surface area (Å²) >= 11 is 1.75. The predicted octanol–water partition coefficient (Wildman–Crippen LogP) is 1.68. The fraction of sp³-hybridized carbons (Fsp3) is 0.625. The van der Waals surface area contributed by atoms with Gasteiger partial charge >= 0.3 is 0 Å². The lowest BCUT2D eigenvalue weighted by Crippen LogP contribution is -2.24.